The van der Waals surface area contributed by atoms with E-state index in [1.54, 1.807) is 6.92 Å². The number of benzene rings is 2. The molecule has 0 aliphatic carbocycles. The number of aromatic nitrogens is 1. The second kappa shape index (κ2) is 4.54. The number of nitrogens with one attached hydrogen (secondary N) is 1. The fraction of sp³-hybridized carbons (Fsp3) is 0.133. The highest BCUT2D eigenvalue weighted by Gasteiger charge is 2.17. The number of rotatable bonds is 2. The molecule has 1 heterocycles. The molecule has 0 radical (unpaired) electrons. The quantitative estimate of drug-likeness (QED) is 0.493. The summed E-state index contributed by atoms with van der Waals surface area (Å²) in [6.07, 6.45) is 0. The molecule has 5 nitrogen and oxygen atoms in total. The van der Waals surface area contributed by atoms with Crippen LogP contribution in [0.4, 0.5) is 4.79 Å². The van der Waals surface area contributed by atoms with Crippen LogP contribution in [0.2, 0.25) is 0 Å². The van der Waals surface area contributed by atoms with Crippen LogP contribution >= 0.6 is 0 Å². The van der Waals surface area contributed by atoms with Crippen LogP contribution in [0.15, 0.2) is 42.5 Å². The summed E-state index contributed by atoms with van der Waals surface area (Å²) in [6, 6.07) is 12.4. The maximum Gasteiger partial charge on any atom is 0.339 e. The molecule has 2 aromatic carbocycles. The highest BCUT2D eigenvalue weighted by molar-refractivity contribution is 6.07. The average molecular weight is 269 g/mol. The molecular formula is C15H15N3O2. The number of para-hydroxylation sites is 1. The van der Waals surface area contributed by atoms with E-state index in [9.17, 15) is 10.0 Å². The first kappa shape index (κ1) is 12.5. The van der Waals surface area contributed by atoms with Crippen molar-refractivity contribution in [2.45, 2.75) is 13.0 Å². The summed E-state index contributed by atoms with van der Waals surface area (Å²) in [5, 5.41) is 12.3. The van der Waals surface area contributed by atoms with Gasteiger partial charge in [-0.05, 0) is 30.7 Å². The largest absolute Gasteiger partial charge is 0.355 e. The Morgan fingerprint density at radius 2 is 1.90 bits per heavy atom. The van der Waals surface area contributed by atoms with Gasteiger partial charge in [0.25, 0.3) is 0 Å². The van der Waals surface area contributed by atoms with Gasteiger partial charge in [-0.15, -0.1) is 0 Å². The summed E-state index contributed by atoms with van der Waals surface area (Å²) < 4.78 is 0. The summed E-state index contributed by atoms with van der Waals surface area (Å²) >= 11 is 0. The molecule has 3 rings (SSSR count). The Labute approximate surface area is 115 Å². The monoisotopic (exact) mass is 269 g/mol. The fourth-order valence-corrected chi connectivity index (χ4v) is 2.46. The summed E-state index contributed by atoms with van der Waals surface area (Å²) in [5.74, 6) is 0. The lowest BCUT2D eigenvalue weighted by atomic mass is 10.0. The smallest absolute Gasteiger partial charge is 0.339 e. The first-order valence-electron chi connectivity index (χ1n) is 6.36. The molecular weight excluding hydrogens is 254 g/mol. The van der Waals surface area contributed by atoms with Crippen molar-refractivity contribution in [3.05, 3.63) is 48.0 Å². The number of hydrogen-bond donors (Lipinski definition) is 3. The predicted molar refractivity (Wildman–Crippen MR) is 77.4 cm³/mol. The molecule has 3 aromatic rings. The van der Waals surface area contributed by atoms with Crippen LogP contribution in [0.5, 0.6) is 0 Å². The lowest BCUT2D eigenvalue weighted by Crippen LogP contribution is -2.34. The number of hydroxylamine groups is 2. The van der Waals surface area contributed by atoms with E-state index < -0.39 is 12.1 Å². The number of amides is 2. The van der Waals surface area contributed by atoms with Crippen LogP contribution in [0.3, 0.4) is 0 Å². The number of H-pyrrole nitrogens is 1. The third-order valence-electron chi connectivity index (χ3n) is 3.61. The Kier molecular flexibility index (Phi) is 2.84. The highest BCUT2D eigenvalue weighted by atomic mass is 16.5. The van der Waals surface area contributed by atoms with E-state index in [2.05, 4.69) is 4.98 Å². The minimum Gasteiger partial charge on any atom is -0.355 e. The van der Waals surface area contributed by atoms with Gasteiger partial charge in [0.15, 0.2) is 0 Å². The minimum absolute atomic E-state index is 0.495. The van der Waals surface area contributed by atoms with Crippen LogP contribution in [0, 0.1) is 0 Å². The third kappa shape index (κ3) is 1.88. The fourth-order valence-electron chi connectivity index (χ4n) is 2.46. The lowest BCUT2D eigenvalue weighted by Gasteiger charge is -2.20. The Morgan fingerprint density at radius 3 is 2.65 bits per heavy atom. The van der Waals surface area contributed by atoms with Gasteiger partial charge in [-0.25, -0.2) is 4.79 Å². The van der Waals surface area contributed by atoms with E-state index in [0.29, 0.717) is 5.06 Å². The number of aromatic amines is 1. The van der Waals surface area contributed by atoms with Crippen molar-refractivity contribution in [2.75, 3.05) is 0 Å². The number of carbonyl (C=O) groups is 1. The van der Waals surface area contributed by atoms with Crippen molar-refractivity contribution in [1.29, 1.82) is 0 Å². The Morgan fingerprint density at radius 1 is 1.20 bits per heavy atom. The zero-order valence-corrected chi connectivity index (χ0v) is 11.0. The number of nitrogens with zero attached hydrogens (tertiary/aromatic N) is 1. The van der Waals surface area contributed by atoms with Crippen molar-refractivity contribution in [3.63, 3.8) is 0 Å². The van der Waals surface area contributed by atoms with E-state index in [4.69, 9.17) is 5.73 Å². The Hall–Kier alpha value is -2.53. The molecule has 0 spiro atoms. The number of fused-ring (bicyclic) bond motifs is 3. The first-order valence-corrected chi connectivity index (χ1v) is 6.36. The van der Waals surface area contributed by atoms with Gasteiger partial charge in [0.1, 0.15) is 0 Å². The molecule has 0 aliphatic rings. The third-order valence-corrected chi connectivity index (χ3v) is 3.61. The van der Waals surface area contributed by atoms with Gasteiger partial charge in [-0.2, -0.15) is 5.06 Å². The van der Waals surface area contributed by atoms with E-state index in [1.165, 1.54) is 0 Å². The molecule has 1 atom stereocenters. The van der Waals surface area contributed by atoms with E-state index in [1.807, 2.05) is 42.5 Å². The standard InChI is InChI=1S/C15H15N3O2/c1-9(18(20)15(16)19)10-6-7-14-12(8-10)11-4-2-3-5-13(11)17-14/h2-9,17,20H,1H3,(H2,16,19). The van der Waals surface area contributed by atoms with Gasteiger partial charge in [0.2, 0.25) is 0 Å². The minimum atomic E-state index is -0.864. The van der Waals surface area contributed by atoms with Crippen LogP contribution in [-0.4, -0.2) is 21.3 Å². The molecule has 0 saturated carbocycles. The SMILES string of the molecule is CC(c1ccc2[nH]c3ccccc3c2c1)N(O)C(N)=O. The molecule has 2 amide bonds. The highest BCUT2D eigenvalue weighted by Crippen LogP contribution is 2.29. The van der Waals surface area contributed by atoms with Crippen molar-refractivity contribution >= 4 is 27.8 Å². The molecule has 0 saturated heterocycles. The topological polar surface area (TPSA) is 82.3 Å². The van der Waals surface area contributed by atoms with Gasteiger partial charge in [0.05, 0.1) is 6.04 Å². The number of primary amides is 1. The molecule has 20 heavy (non-hydrogen) atoms. The maximum absolute atomic E-state index is 11.0. The van der Waals surface area contributed by atoms with Crippen LogP contribution < -0.4 is 5.73 Å². The molecule has 0 aliphatic heterocycles. The van der Waals surface area contributed by atoms with Gasteiger partial charge in [-0.3, -0.25) is 5.21 Å². The summed E-state index contributed by atoms with van der Waals surface area (Å²) in [5.41, 5.74) is 7.99. The number of carbonyl (C=O) groups excluding carboxylic acids is 1. The van der Waals surface area contributed by atoms with Crippen molar-refractivity contribution in [1.82, 2.24) is 10.0 Å². The molecule has 0 fully saturated rings. The predicted octanol–water partition coefficient (Wildman–Crippen LogP) is 3.15. The zero-order chi connectivity index (χ0) is 14.3. The number of nitrogens with two attached hydrogens (primary N) is 1. The second-order valence-corrected chi connectivity index (χ2v) is 4.83. The van der Waals surface area contributed by atoms with Crippen molar-refractivity contribution in [2.24, 2.45) is 5.73 Å². The summed E-state index contributed by atoms with van der Waals surface area (Å²) in [6.45, 7) is 1.72. The van der Waals surface area contributed by atoms with E-state index >= 15 is 0 Å². The number of hydrogen-bond acceptors (Lipinski definition) is 2. The second-order valence-electron chi connectivity index (χ2n) is 4.83. The Balaban J connectivity index is 2.14. The molecule has 4 N–H and O–H groups in total. The number of urea groups is 1. The molecule has 102 valence electrons. The summed E-state index contributed by atoms with van der Waals surface area (Å²) in [7, 11) is 0. The average Bonchev–Trinajstić information content (AvgIpc) is 2.83. The van der Waals surface area contributed by atoms with E-state index in [0.717, 1.165) is 27.4 Å². The lowest BCUT2D eigenvalue weighted by molar-refractivity contribution is -0.0709. The first-order chi connectivity index (χ1) is 9.58. The van der Waals surface area contributed by atoms with Crippen molar-refractivity contribution in [3.8, 4) is 0 Å². The van der Waals surface area contributed by atoms with Gasteiger partial charge >= 0.3 is 6.03 Å². The molecule has 1 aromatic heterocycles. The van der Waals surface area contributed by atoms with Gasteiger partial charge in [-0.1, -0.05) is 24.3 Å². The van der Waals surface area contributed by atoms with Gasteiger partial charge < -0.3 is 10.7 Å². The maximum atomic E-state index is 11.0. The molecule has 0 bridgehead atoms. The van der Waals surface area contributed by atoms with Crippen LogP contribution in [-0.2, 0) is 0 Å². The van der Waals surface area contributed by atoms with E-state index in [-0.39, 0.29) is 0 Å². The van der Waals surface area contributed by atoms with Crippen LogP contribution in [0.25, 0.3) is 21.8 Å². The normalized spacial score (nSPS) is 12.7. The molecule has 5 heteroatoms. The zero-order valence-electron chi connectivity index (χ0n) is 11.0. The van der Waals surface area contributed by atoms with Crippen molar-refractivity contribution < 1.29 is 10.0 Å². The van der Waals surface area contributed by atoms with Crippen LogP contribution in [0.1, 0.15) is 18.5 Å². The molecule has 1 unspecified atom stereocenters. The Bertz CT molecular complexity index is 794. The van der Waals surface area contributed by atoms with Gasteiger partial charge in [0, 0.05) is 21.8 Å². The summed E-state index contributed by atoms with van der Waals surface area (Å²) in [4.78, 5) is 14.4.